The number of hydrogen-bond donors (Lipinski definition) is 4. The summed E-state index contributed by atoms with van der Waals surface area (Å²) in [6.45, 7) is 4.89. The van der Waals surface area contributed by atoms with Crippen molar-refractivity contribution < 1.29 is 14.3 Å². The molecule has 3 aromatic heterocycles. The molecule has 0 radical (unpaired) electrons. The van der Waals surface area contributed by atoms with Crippen LogP contribution < -0.4 is 32.4 Å². The van der Waals surface area contributed by atoms with E-state index in [1.165, 1.54) is 30.3 Å². The highest BCUT2D eigenvalue weighted by atomic mass is 35.5. The van der Waals surface area contributed by atoms with Gasteiger partial charge in [0.1, 0.15) is 5.60 Å². The third-order valence-electron chi connectivity index (χ3n) is 4.85. The number of nitrogens with one attached hydrogen (secondary N) is 4. The zero-order valence-electron chi connectivity index (χ0n) is 21.0. The second-order valence-electron chi connectivity index (χ2n) is 9.14. The molecule has 4 aromatic rings. The summed E-state index contributed by atoms with van der Waals surface area (Å²) in [6.07, 6.45) is -0.897. The average Bonchev–Trinajstić information content (AvgIpc) is 2.85. The van der Waals surface area contributed by atoms with Crippen LogP contribution in [0.2, 0.25) is 10.0 Å². The molecule has 17 heteroatoms. The van der Waals surface area contributed by atoms with Crippen LogP contribution in [0.25, 0.3) is 5.69 Å². The second-order valence-corrected chi connectivity index (χ2v) is 9.95. The molecule has 0 bridgehead atoms. The van der Waals surface area contributed by atoms with Gasteiger partial charge in [-0.25, -0.2) is 19.8 Å². The Morgan fingerprint density at radius 2 is 1.70 bits per heavy atom. The molecule has 0 atom stereocenters. The quantitative estimate of drug-likeness (QED) is 0.257. The molecule has 15 nitrogen and oxygen atoms in total. The van der Waals surface area contributed by atoms with Gasteiger partial charge in [0.2, 0.25) is 11.7 Å². The van der Waals surface area contributed by atoms with E-state index in [2.05, 4.69) is 30.8 Å². The molecular formula is C23H20Cl2N8O7. The van der Waals surface area contributed by atoms with Gasteiger partial charge in [-0.3, -0.25) is 24.7 Å². The van der Waals surface area contributed by atoms with Crippen LogP contribution in [0.3, 0.4) is 0 Å². The van der Waals surface area contributed by atoms with Crippen LogP contribution in [-0.4, -0.2) is 46.9 Å². The minimum absolute atomic E-state index is 0.0232. The fourth-order valence-electron chi connectivity index (χ4n) is 3.20. The second kappa shape index (κ2) is 11.2. The fraction of sp³-hybridized carbons (Fsp3) is 0.217. The maximum Gasteiger partial charge on any atom is 0.413 e. The topological polar surface area (TPSA) is 207 Å². The van der Waals surface area contributed by atoms with E-state index in [-0.39, 0.29) is 44.9 Å². The van der Waals surface area contributed by atoms with Gasteiger partial charge in [0.25, 0.3) is 16.7 Å². The standard InChI is InChI=1S/C23H20Cl2N8O7/c1-23(2,3)40-22(38)26-18-20(36)27-21(37)33(32-18)12-8-13(24)17(14(25)9-12)39-16-7-10(19(35)31-30-16)6-11-4-5-15(34)29-28-11/h4-5,7-9H,6H2,1-3H3,(H,29,34)(H,31,35)(H,26,32,38)(H,27,36,37). The first-order valence-corrected chi connectivity index (χ1v) is 12.1. The van der Waals surface area contributed by atoms with E-state index < -0.39 is 34.3 Å². The predicted octanol–water partition coefficient (Wildman–Crippen LogP) is 2.12. The number of hydrogen-bond acceptors (Lipinski definition) is 10. The van der Waals surface area contributed by atoms with Crippen molar-refractivity contribution in [3.63, 3.8) is 0 Å². The van der Waals surface area contributed by atoms with Crippen molar-refractivity contribution >= 4 is 35.1 Å². The predicted molar refractivity (Wildman–Crippen MR) is 143 cm³/mol. The SMILES string of the molecule is CC(C)(C)OC(=O)Nc1nn(-c2cc(Cl)c(Oc3cc(Cc4ccc(=O)[nH]n4)c(=O)[nH]n3)c(Cl)c2)c(=O)[nH]c1=O. The van der Waals surface area contributed by atoms with E-state index in [9.17, 15) is 24.0 Å². The van der Waals surface area contributed by atoms with Crippen LogP contribution in [-0.2, 0) is 11.2 Å². The van der Waals surface area contributed by atoms with Crippen molar-refractivity contribution in [1.82, 2.24) is 35.2 Å². The number of anilines is 1. The van der Waals surface area contributed by atoms with E-state index in [1.54, 1.807) is 20.8 Å². The number of halogens is 2. The average molecular weight is 591 g/mol. The number of rotatable bonds is 6. The van der Waals surface area contributed by atoms with Gasteiger partial charge < -0.3 is 9.47 Å². The summed E-state index contributed by atoms with van der Waals surface area (Å²) in [5, 5.41) is 18.2. The Labute approximate surface area is 233 Å². The molecule has 0 saturated carbocycles. The van der Waals surface area contributed by atoms with Crippen LogP contribution in [0, 0.1) is 0 Å². The van der Waals surface area contributed by atoms with Crippen molar-refractivity contribution in [2.75, 3.05) is 5.32 Å². The molecule has 4 rings (SSSR count). The van der Waals surface area contributed by atoms with Crippen molar-refractivity contribution in [2.45, 2.75) is 32.8 Å². The Bertz CT molecular complexity index is 1800. The van der Waals surface area contributed by atoms with E-state index in [0.717, 1.165) is 4.68 Å². The van der Waals surface area contributed by atoms with Gasteiger partial charge in [-0.15, -0.1) is 10.2 Å². The highest BCUT2D eigenvalue weighted by Gasteiger charge is 2.20. The van der Waals surface area contributed by atoms with Gasteiger partial charge in [0.05, 0.1) is 21.4 Å². The van der Waals surface area contributed by atoms with Gasteiger partial charge in [0, 0.05) is 24.1 Å². The van der Waals surface area contributed by atoms with E-state index in [0.29, 0.717) is 5.69 Å². The molecule has 0 fully saturated rings. The third kappa shape index (κ3) is 6.81. The lowest BCUT2D eigenvalue weighted by atomic mass is 10.1. The minimum Gasteiger partial charge on any atom is -0.444 e. The van der Waals surface area contributed by atoms with Gasteiger partial charge in [0.15, 0.2) is 5.75 Å². The van der Waals surface area contributed by atoms with E-state index >= 15 is 0 Å². The molecule has 0 aliphatic heterocycles. The van der Waals surface area contributed by atoms with E-state index in [1.807, 2.05) is 4.98 Å². The molecule has 0 unspecified atom stereocenters. The number of nitrogens with zero attached hydrogens (tertiary/aromatic N) is 4. The number of carbonyl (C=O) groups is 1. The Balaban J connectivity index is 1.62. The molecule has 4 N–H and O–H groups in total. The molecule has 0 aliphatic carbocycles. The van der Waals surface area contributed by atoms with Gasteiger partial charge >= 0.3 is 11.8 Å². The first-order valence-electron chi connectivity index (χ1n) is 11.3. The summed E-state index contributed by atoms with van der Waals surface area (Å²) < 4.78 is 11.5. The molecule has 208 valence electrons. The number of amides is 1. The number of ether oxygens (including phenoxy) is 2. The summed E-state index contributed by atoms with van der Waals surface area (Å²) in [5.74, 6) is -0.647. The highest BCUT2D eigenvalue weighted by Crippen LogP contribution is 2.37. The molecule has 40 heavy (non-hydrogen) atoms. The zero-order chi connectivity index (χ0) is 29.2. The lowest BCUT2D eigenvalue weighted by Crippen LogP contribution is -2.36. The molecule has 1 aromatic carbocycles. The summed E-state index contributed by atoms with van der Waals surface area (Å²) in [6, 6.07) is 6.62. The summed E-state index contributed by atoms with van der Waals surface area (Å²) >= 11 is 12.7. The number of carbonyl (C=O) groups excluding carboxylic acids is 1. The maximum absolute atomic E-state index is 12.5. The van der Waals surface area contributed by atoms with Crippen LogP contribution in [0.4, 0.5) is 10.6 Å². The van der Waals surface area contributed by atoms with Crippen molar-refractivity contribution in [2.24, 2.45) is 0 Å². The van der Waals surface area contributed by atoms with Crippen LogP contribution in [0.15, 0.2) is 49.5 Å². The monoisotopic (exact) mass is 590 g/mol. The smallest absolute Gasteiger partial charge is 0.413 e. The molecular weight excluding hydrogens is 571 g/mol. The van der Waals surface area contributed by atoms with Crippen LogP contribution in [0.1, 0.15) is 32.0 Å². The number of H-pyrrole nitrogens is 3. The normalized spacial score (nSPS) is 11.2. The zero-order valence-corrected chi connectivity index (χ0v) is 22.5. The summed E-state index contributed by atoms with van der Waals surface area (Å²) in [7, 11) is 0. The number of benzene rings is 1. The van der Waals surface area contributed by atoms with Crippen molar-refractivity contribution in [3.05, 3.63) is 93.2 Å². The number of aromatic nitrogens is 7. The van der Waals surface area contributed by atoms with Crippen LogP contribution in [0.5, 0.6) is 11.6 Å². The Hall–Kier alpha value is -4.76. The molecule has 0 saturated heterocycles. The third-order valence-corrected chi connectivity index (χ3v) is 5.41. The van der Waals surface area contributed by atoms with Gasteiger partial charge in [-0.1, -0.05) is 23.2 Å². The summed E-state index contributed by atoms with van der Waals surface area (Å²) in [5.41, 5.74) is -2.97. The largest absolute Gasteiger partial charge is 0.444 e. The molecule has 1 amide bonds. The Morgan fingerprint density at radius 1 is 1.00 bits per heavy atom. The Morgan fingerprint density at radius 3 is 2.33 bits per heavy atom. The van der Waals surface area contributed by atoms with Crippen molar-refractivity contribution in [1.29, 1.82) is 0 Å². The molecule has 3 heterocycles. The fourth-order valence-corrected chi connectivity index (χ4v) is 3.76. The van der Waals surface area contributed by atoms with Crippen molar-refractivity contribution in [3.8, 4) is 17.3 Å². The van der Waals surface area contributed by atoms with Crippen LogP contribution >= 0.6 is 23.2 Å². The first kappa shape index (κ1) is 28.3. The minimum atomic E-state index is -0.959. The molecule has 0 spiro atoms. The van der Waals surface area contributed by atoms with Gasteiger partial charge in [-0.05, 0) is 39.0 Å². The van der Waals surface area contributed by atoms with E-state index in [4.69, 9.17) is 32.7 Å². The first-order chi connectivity index (χ1) is 18.8. The maximum atomic E-state index is 12.5. The Kier molecular flexibility index (Phi) is 7.88. The number of aromatic amines is 3. The lowest BCUT2D eigenvalue weighted by molar-refractivity contribution is 0.0634. The summed E-state index contributed by atoms with van der Waals surface area (Å²) in [4.78, 5) is 62.2. The lowest BCUT2D eigenvalue weighted by Gasteiger charge is -2.19. The van der Waals surface area contributed by atoms with Gasteiger partial charge in [-0.2, -0.15) is 9.78 Å². The molecule has 0 aliphatic rings. The highest BCUT2D eigenvalue weighted by molar-refractivity contribution is 6.37.